The molecule has 1 atom stereocenters. The molecule has 0 radical (unpaired) electrons. The van der Waals surface area contributed by atoms with Crippen LogP contribution < -0.4 is 0 Å². The Morgan fingerprint density at radius 1 is 1.19 bits per heavy atom. The van der Waals surface area contributed by atoms with Gasteiger partial charge >= 0.3 is 0 Å². The molecule has 0 bridgehead atoms. The Kier molecular flexibility index (Phi) is 4.19. The Hall–Kier alpha value is -0.390. The van der Waals surface area contributed by atoms with Crippen LogP contribution in [0.15, 0.2) is 29.2 Å². The lowest BCUT2D eigenvalue weighted by Gasteiger charge is -2.45. The van der Waals surface area contributed by atoms with Crippen LogP contribution in [-0.2, 0) is 10.0 Å². The van der Waals surface area contributed by atoms with Gasteiger partial charge in [0.2, 0.25) is 10.0 Å². The molecule has 2 aliphatic rings. The highest BCUT2D eigenvalue weighted by Crippen LogP contribution is 2.46. The van der Waals surface area contributed by atoms with Crippen LogP contribution in [0.3, 0.4) is 0 Å². The standard InChI is InChI=1S/C16H22BrNO2S/c1-13-4-6-15(7-5-13)21(19,20)18-11-8-14(17)12-16(18)9-2-3-10-16/h4-7,14H,2-3,8-12H2,1H3. The molecule has 5 heteroatoms. The summed E-state index contributed by atoms with van der Waals surface area (Å²) >= 11 is 3.71. The monoisotopic (exact) mass is 371 g/mol. The molecule has 1 saturated carbocycles. The molecule has 1 heterocycles. The number of nitrogens with zero attached hydrogens (tertiary/aromatic N) is 1. The summed E-state index contributed by atoms with van der Waals surface area (Å²) in [5, 5.41) is 0. The zero-order valence-electron chi connectivity index (χ0n) is 12.4. The first-order valence-electron chi connectivity index (χ1n) is 7.68. The summed E-state index contributed by atoms with van der Waals surface area (Å²) < 4.78 is 28.0. The van der Waals surface area contributed by atoms with E-state index in [1.165, 1.54) is 0 Å². The van der Waals surface area contributed by atoms with E-state index in [1.807, 2.05) is 23.4 Å². The molecule has 0 aromatic heterocycles. The molecule has 1 unspecified atom stereocenters. The number of hydrogen-bond donors (Lipinski definition) is 0. The molecule has 1 aliphatic heterocycles. The third-order valence-electron chi connectivity index (χ3n) is 4.92. The van der Waals surface area contributed by atoms with Crippen molar-refractivity contribution in [2.45, 2.75) is 60.7 Å². The SMILES string of the molecule is Cc1ccc(S(=O)(=O)N2CCC(Br)CC23CCCC3)cc1. The lowest BCUT2D eigenvalue weighted by molar-refractivity contribution is 0.142. The van der Waals surface area contributed by atoms with Crippen molar-refractivity contribution in [1.82, 2.24) is 4.31 Å². The molecular weight excluding hydrogens is 350 g/mol. The zero-order valence-corrected chi connectivity index (χ0v) is 14.8. The first-order chi connectivity index (χ1) is 9.94. The minimum atomic E-state index is -3.38. The first-order valence-corrected chi connectivity index (χ1v) is 10.0. The average molecular weight is 372 g/mol. The highest BCUT2D eigenvalue weighted by molar-refractivity contribution is 9.09. The lowest BCUT2D eigenvalue weighted by atomic mass is 9.87. The number of benzene rings is 1. The van der Waals surface area contributed by atoms with Crippen molar-refractivity contribution in [2.75, 3.05) is 6.54 Å². The van der Waals surface area contributed by atoms with E-state index in [2.05, 4.69) is 15.9 Å². The van der Waals surface area contributed by atoms with Crippen molar-refractivity contribution < 1.29 is 8.42 Å². The molecule has 21 heavy (non-hydrogen) atoms. The highest BCUT2D eigenvalue weighted by Gasteiger charge is 2.49. The number of alkyl halides is 1. The van der Waals surface area contributed by atoms with E-state index in [1.54, 1.807) is 12.1 Å². The van der Waals surface area contributed by atoms with Crippen molar-refractivity contribution in [3.8, 4) is 0 Å². The number of halogens is 1. The largest absolute Gasteiger partial charge is 0.243 e. The summed E-state index contributed by atoms with van der Waals surface area (Å²) in [4.78, 5) is 0.882. The van der Waals surface area contributed by atoms with Gasteiger partial charge < -0.3 is 0 Å². The molecule has 1 spiro atoms. The van der Waals surface area contributed by atoms with Gasteiger partial charge in [0.15, 0.2) is 0 Å². The van der Waals surface area contributed by atoms with Gasteiger partial charge in [-0.15, -0.1) is 0 Å². The maximum absolute atomic E-state index is 13.1. The van der Waals surface area contributed by atoms with Crippen LogP contribution in [-0.4, -0.2) is 29.6 Å². The zero-order chi connectivity index (χ0) is 15.1. The van der Waals surface area contributed by atoms with Gasteiger partial charge in [-0.1, -0.05) is 46.5 Å². The van der Waals surface area contributed by atoms with Crippen molar-refractivity contribution in [3.63, 3.8) is 0 Å². The van der Waals surface area contributed by atoms with E-state index in [0.29, 0.717) is 16.3 Å². The number of sulfonamides is 1. The summed E-state index contributed by atoms with van der Waals surface area (Å²) in [6.45, 7) is 2.61. The third-order valence-corrected chi connectivity index (χ3v) is 7.72. The topological polar surface area (TPSA) is 37.4 Å². The molecule has 0 amide bonds. The van der Waals surface area contributed by atoms with Gasteiger partial charge in [0.05, 0.1) is 4.90 Å². The first kappa shape index (κ1) is 15.5. The highest BCUT2D eigenvalue weighted by atomic mass is 79.9. The minimum Gasteiger partial charge on any atom is -0.207 e. The smallest absolute Gasteiger partial charge is 0.207 e. The molecule has 1 saturated heterocycles. The Labute approximate surface area is 135 Å². The quantitative estimate of drug-likeness (QED) is 0.740. The molecule has 116 valence electrons. The number of piperidine rings is 1. The van der Waals surface area contributed by atoms with Crippen molar-refractivity contribution in [3.05, 3.63) is 29.8 Å². The normalized spacial score (nSPS) is 26.3. The second-order valence-corrected chi connectivity index (χ2v) is 9.57. The van der Waals surface area contributed by atoms with Crippen LogP contribution in [0.5, 0.6) is 0 Å². The second kappa shape index (κ2) is 5.67. The maximum Gasteiger partial charge on any atom is 0.243 e. The van der Waals surface area contributed by atoms with Gasteiger partial charge in [0.1, 0.15) is 0 Å². The van der Waals surface area contributed by atoms with Crippen LogP contribution in [0.25, 0.3) is 0 Å². The van der Waals surface area contributed by atoms with Crippen LogP contribution in [0, 0.1) is 6.92 Å². The lowest BCUT2D eigenvalue weighted by Crippen LogP contribution is -2.55. The van der Waals surface area contributed by atoms with E-state index in [-0.39, 0.29) is 5.54 Å². The van der Waals surface area contributed by atoms with E-state index < -0.39 is 10.0 Å². The van der Waals surface area contributed by atoms with Gasteiger partial charge in [-0.25, -0.2) is 8.42 Å². The van der Waals surface area contributed by atoms with E-state index in [0.717, 1.165) is 44.1 Å². The second-order valence-electron chi connectivity index (χ2n) is 6.41. The molecule has 1 aliphatic carbocycles. The van der Waals surface area contributed by atoms with Gasteiger partial charge in [-0.05, 0) is 44.7 Å². The van der Waals surface area contributed by atoms with Gasteiger partial charge in [0, 0.05) is 16.9 Å². The minimum absolute atomic E-state index is 0.157. The molecule has 3 rings (SSSR count). The van der Waals surface area contributed by atoms with E-state index in [4.69, 9.17) is 0 Å². The number of aryl methyl sites for hydroxylation is 1. The summed E-state index contributed by atoms with van der Waals surface area (Å²) in [6, 6.07) is 7.25. The molecule has 1 aromatic rings. The fourth-order valence-electron chi connectivity index (χ4n) is 3.81. The van der Waals surface area contributed by atoms with Gasteiger partial charge in [-0.2, -0.15) is 4.31 Å². The van der Waals surface area contributed by atoms with E-state index in [9.17, 15) is 8.42 Å². The Bertz CT molecular complexity index is 606. The van der Waals surface area contributed by atoms with Crippen molar-refractivity contribution in [2.24, 2.45) is 0 Å². The summed E-state index contributed by atoms with van der Waals surface area (Å²) in [5.41, 5.74) is 0.930. The molecular formula is C16H22BrNO2S. The van der Waals surface area contributed by atoms with Gasteiger partial charge in [0.25, 0.3) is 0 Å². The average Bonchev–Trinajstić information content (AvgIpc) is 2.87. The predicted octanol–water partition coefficient (Wildman–Crippen LogP) is 3.86. The Balaban J connectivity index is 1.98. The van der Waals surface area contributed by atoms with Crippen LogP contribution in [0.2, 0.25) is 0 Å². The Morgan fingerprint density at radius 2 is 1.81 bits per heavy atom. The molecule has 2 fully saturated rings. The summed E-state index contributed by atoms with van der Waals surface area (Å²) in [7, 11) is -3.38. The fraction of sp³-hybridized carbons (Fsp3) is 0.625. The summed E-state index contributed by atoms with van der Waals surface area (Å²) in [5.74, 6) is 0. The maximum atomic E-state index is 13.1. The van der Waals surface area contributed by atoms with Crippen molar-refractivity contribution >= 4 is 26.0 Å². The summed E-state index contributed by atoms with van der Waals surface area (Å²) in [6.07, 6.45) is 6.12. The molecule has 0 N–H and O–H groups in total. The molecule has 3 nitrogen and oxygen atoms in total. The number of rotatable bonds is 2. The van der Waals surface area contributed by atoms with Crippen LogP contribution >= 0.6 is 15.9 Å². The van der Waals surface area contributed by atoms with Crippen LogP contribution in [0.4, 0.5) is 0 Å². The number of hydrogen-bond acceptors (Lipinski definition) is 2. The third kappa shape index (κ3) is 2.80. The molecule has 1 aromatic carbocycles. The van der Waals surface area contributed by atoms with E-state index >= 15 is 0 Å². The van der Waals surface area contributed by atoms with Gasteiger partial charge in [-0.3, -0.25) is 0 Å². The Morgan fingerprint density at radius 3 is 2.43 bits per heavy atom. The van der Waals surface area contributed by atoms with Crippen molar-refractivity contribution in [1.29, 1.82) is 0 Å². The predicted molar refractivity (Wildman–Crippen MR) is 88.2 cm³/mol. The van der Waals surface area contributed by atoms with Crippen LogP contribution in [0.1, 0.15) is 44.1 Å². The fourth-order valence-corrected chi connectivity index (χ4v) is 6.46.